The lowest BCUT2D eigenvalue weighted by Gasteiger charge is -2.40. The number of aliphatic hydroxyl groups is 5. The fourth-order valence-corrected chi connectivity index (χ4v) is 8.11. The minimum Gasteiger partial charge on any atom is -0.394 e. The molecule has 0 bridgehead atoms. The molecule has 1 aliphatic rings. The molecule has 0 aromatic heterocycles. The summed E-state index contributed by atoms with van der Waals surface area (Å²) in [6, 6.07) is -0.716. The van der Waals surface area contributed by atoms with Gasteiger partial charge in [0.15, 0.2) is 6.29 Å². The van der Waals surface area contributed by atoms with Gasteiger partial charge >= 0.3 is 0 Å². The first kappa shape index (κ1) is 57.4. The Morgan fingerprint density at radius 2 is 0.967 bits per heavy atom. The fraction of sp³-hybridized carbons (Fsp3) is 0.865. The smallest absolute Gasteiger partial charge is 0.220 e. The largest absolute Gasteiger partial charge is 0.394 e. The highest BCUT2D eigenvalue weighted by molar-refractivity contribution is 5.76. The van der Waals surface area contributed by atoms with Crippen molar-refractivity contribution in [2.75, 3.05) is 13.2 Å². The van der Waals surface area contributed by atoms with Crippen molar-refractivity contribution in [3.8, 4) is 0 Å². The van der Waals surface area contributed by atoms with E-state index in [0.717, 1.165) is 51.4 Å². The van der Waals surface area contributed by atoms with Crippen molar-refractivity contribution < 1.29 is 39.8 Å². The van der Waals surface area contributed by atoms with Crippen LogP contribution in [0.1, 0.15) is 232 Å². The molecule has 0 aliphatic carbocycles. The van der Waals surface area contributed by atoms with E-state index in [9.17, 15) is 30.3 Å². The number of hydrogen-bond acceptors (Lipinski definition) is 8. The molecule has 0 saturated carbocycles. The molecule has 1 heterocycles. The van der Waals surface area contributed by atoms with Gasteiger partial charge in [-0.15, -0.1) is 0 Å². The number of ether oxygens (including phenoxy) is 2. The molecule has 61 heavy (non-hydrogen) atoms. The fourth-order valence-electron chi connectivity index (χ4n) is 8.11. The maximum atomic E-state index is 13.0. The van der Waals surface area contributed by atoms with Crippen molar-refractivity contribution in [3.05, 3.63) is 36.5 Å². The number of hydrogen-bond donors (Lipinski definition) is 6. The van der Waals surface area contributed by atoms with Gasteiger partial charge in [0.2, 0.25) is 5.91 Å². The van der Waals surface area contributed by atoms with Gasteiger partial charge in [0, 0.05) is 6.42 Å². The zero-order valence-corrected chi connectivity index (χ0v) is 39.4. The number of amides is 1. The highest BCUT2D eigenvalue weighted by Gasteiger charge is 2.44. The summed E-state index contributed by atoms with van der Waals surface area (Å²) in [6.07, 6.45) is 46.1. The molecule has 9 nitrogen and oxygen atoms in total. The average Bonchev–Trinajstić information content (AvgIpc) is 3.26. The van der Waals surface area contributed by atoms with Crippen LogP contribution in [0, 0.1) is 0 Å². The van der Waals surface area contributed by atoms with E-state index >= 15 is 0 Å². The quantitative estimate of drug-likeness (QED) is 0.0262. The van der Waals surface area contributed by atoms with Gasteiger partial charge in [-0.05, 0) is 51.4 Å². The van der Waals surface area contributed by atoms with Crippen LogP contribution in [0.3, 0.4) is 0 Å². The summed E-state index contributed by atoms with van der Waals surface area (Å²) < 4.78 is 11.2. The third kappa shape index (κ3) is 32.7. The molecule has 0 radical (unpaired) electrons. The maximum absolute atomic E-state index is 13.0. The lowest BCUT2D eigenvalue weighted by Crippen LogP contribution is -2.60. The molecular formula is C52H97NO8. The molecule has 7 unspecified atom stereocenters. The van der Waals surface area contributed by atoms with Crippen molar-refractivity contribution in [2.24, 2.45) is 0 Å². The summed E-state index contributed by atoms with van der Waals surface area (Å²) in [5, 5.41) is 54.3. The molecule has 6 N–H and O–H groups in total. The van der Waals surface area contributed by atoms with Crippen LogP contribution in [0.15, 0.2) is 36.5 Å². The molecule has 0 aromatic carbocycles. The predicted molar refractivity (Wildman–Crippen MR) is 253 cm³/mol. The second-order valence-corrected chi connectivity index (χ2v) is 18.0. The Morgan fingerprint density at radius 3 is 1.43 bits per heavy atom. The van der Waals surface area contributed by atoms with E-state index in [1.54, 1.807) is 0 Å². The van der Waals surface area contributed by atoms with E-state index < -0.39 is 49.5 Å². The number of allylic oxidation sites excluding steroid dienone is 6. The SMILES string of the molecule is CCCCCCC/C=C\C/C=C\C/C=C\CCCCCCCCCCCCCCCCC(=O)NC(COC1OC(CO)C(O)C(O)C1O)C(O)CCCCCCCCCCC. The number of nitrogens with one attached hydrogen (secondary N) is 1. The Balaban J connectivity index is 2.13. The molecule has 358 valence electrons. The van der Waals surface area contributed by atoms with Crippen molar-refractivity contribution in [1.29, 1.82) is 0 Å². The van der Waals surface area contributed by atoms with E-state index in [1.165, 1.54) is 154 Å². The molecule has 0 aromatic rings. The molecule has 1 fully saturated rings. The van der Waals surface area contributed by atoms with Gasteiger partial charge in [0.25, 0.3) is 0 Å². The summed E-state index contributed by atoms with van der Waals surface area (Å²) in [6.45, 7) is 3.80. The van der Waals surface area contributed by atoms with Gasteiger partial charge in [0.1, 0.15) is 24.4 Å². The third-order valence-corrected chi connectivity index (χ3v) is 12.2. The minimum absolute atomic E-state index is 0.137. The first-order chi connectivity index (χ1) is 29.8. The Hall–Kier alpha value is -1.59. The Morgan fingerprint density at radius 1 is 0.557 bits per heavy atom. The van der Waals surface area contributed by atoms with E-state index in [-0.39, 0.29) is 12.5 Å². The van der Waals surface area contributed by atoms with Crippen molar-refractivity contribution in [1.82, 2.24) is 5.32 Å². The summed E-state index contributed by atoms with van der Waals surface area (Å²) in [7, 11) is 0. The number of unbranched alkanes of at least 4 members (excludes halogenated alkanes) is 27. The van der Waals surface area contributed by atoms with Crippen LogP contribution in [0.5, 0.6) is 0 Å². The second-order valence-electron chi connectivity index (χ2n) is 18.0. The van der Waals surface area contributed by atoms with Gasteiger partial charge in [-0.2, -0.15) is 0 Å². The highest BCUT2D eigenvalue weighted by Crippen LogP contribution is 2.23. The normalized spacial score (nSPS) is 20.7. The monoisotopic (exact) mass is 864 g/mol. The summed E-state index contributed by atoms with van der Waals surface area (Å²) in [5.74, 6) is -0.147. The number of rotatable bonds is 43. The summed E-state index contributed by atoms with van der Waals surface area (Å²) in [4.78, 5) is 13.0. The molecule has 1 saturated heterocycles. The van der Waals surface area contributed by atoms with Gasteiger partial charge < -0.3 is 40.3 Å². The van der Waals surface area contributed by atoms with Gasteiger partial charge in [-0.1, -0.05) is 211 Å². The molecule has 1 amide bonds. The van der Waals surface area contributed by atoms with E-state index in [4.69, 9.17) is 9.47 Å². The summed E-state index contributed by atoms with van der Waals surface area (Å²) in [5.41, 5.74) is 0. The Labute approximate surface area is 374 Å². The predicted octanol–water partition coefficient (Wildman–Crippen LogP) is 11.6. The second kappa shape index (κ2) is 42.4. The van der Waals surface area contributed by atoms with Crippen LogP contribution in [0.25, 0.3) is 0 Å². The molecular weight excluding hydrogens is 767 g/mol. The Kier molecular flexibility index (Phi) is 39.9. The zero-order valence-electron chi connectivity index (χ0n) is 39.4. The standard InChI is InChI=1S/C52H97NO8/c1-3-5-7-9-11-13-14-15-16-17-18-19-20-21-22-23-24-25-26-27-28-29-30-31-32-34-36-38-40-42-48(56)53-45(46(55)41-39-37-35-33-12-10-8-6-4-2)44-60-52-51(59)50(58)49(57)47(43-54)61-52/h14-15,17-18,20-21,45-47,49-52,54-55,57-59H,3-13,16,19,22-44H2,1-2H3,(H,53,56)/b15-14-,18-17-,21-20-. The van der Waals surface area contributed by atoms with E-state index in [2.05, 4.69) is 55.6 Å². The van der Waals surface area contributed by atoms with Crippen LogP contribution in [0.2, 0.25) is 0 Å². The van der Waals surface area contributed by atoms with Crippen molar-refractivity contribution in [2.45, 2.75) is 275 Å². The van der Waals surface area contributed by atoms with Crippen LogP contribution in [-0.2, 0) is 14.3 Å². The number of carbonyl (C=O) groups excluding carboxylic acids is 1. The molecule has 1 rings (SSSR count). The maximum Gasteiger partial charge on any atom is 0.220 e. The molecule has 9 heteroatoms. The van der Waals surface area contributed by atoms with Gasteiger partial charge in [0.05, 0.1) is 25.4 Å². The minimum atomic E-state index is -1.55. The van der Waals surface area contributed by atoms with Crippen molar-refractivity contribution in [3.63, 3.8) is 0 Å². The molecule has 7 atom stereocenters. The van der Waals surface area contributed by atoms with Crippen LogP contribution in [-0.4, -0.2) is 87.5 Å². The average molecular weight is 864 g/mol. The van der Waals surface area contributed by atoms with E-state index in [0.29, 0.717) is 12.8 Å². The highest BCUT2D eigenvalue weighted by atomic mass is 16.7. The number of carbonyl (C=O) groups is 1. The van der Waals surface area contributed by atoms with Crippen LogP contribution < -0.4 is 5.32 Å². The van der Waals surface area contributed by atoms with E-state index in [1.807, 2.05) is 0 Å². The van der Waals surface area contributed by atoms with Crippen LogP contribution >= 0.6 is 0 Å². The first-order valence-electron chi connectivity index (χ1n) is 25.7. The van der Waals surface area contributed by atoms with Gasteiger partial charge in [-0.3, -0.25) is 4.79 Å². The number of aliphatic hydroxyl groups excluding tert-OH is 5. The third-order valence-electron chi connectivity index (χ3n) is 12.2. The lowest BCUT2D eigenvalue weighted by atomic mass is 9.99. The van der Waals surface area contributed by atoms with Crippen molar-refractivity contribution >= 4 is 5.91 Å². The Bertz CT molecular complexity index is 1050. The van der Waals surface area contributed by atoms with Crippen LogP contribution in [0.4, 0.5) is 0 Å². The summed E-state index contributed by atoms with van der Waals surface area (Å²) >= 11 is 0. The lowest BCUT2D eigenvalue weighted by molar-refractivity contribution is -0.302. The topological polar surface area (TPSA) is 149 Å². The first-order valence-corrected chi connectivity index (χ1v) is 25.7. The molecule has 1 aliphatic heterocycles. The molecule has 0 spiro atoms. The van der Waals surface area contributed by atoms with Gasteiger partial charge in [-0.25, -0.2) is 0 Å². The zero-order chi connectivity index (χ0) is 44.4.